The van der Waals surface area contributed by atoms with E-state index in [1.54, 1.807) is 31.2 Å². The molecular weight excluding hydrogens is 350 g/mol. The van der Waals surface area contributed by atoms with E-state index in [0.29, 0.717) is 12.8 Å². The Labute approximate surface area is 157 Å². The zero-order chi connectivity index (χ0) is 19.4. The molecule has 144 valence electrons. The molecule has 0 unspecified atom stereocenters. The molecule has 2 fully saturated rings. The summed E-state index contributed by atoms with van der Waals surface area (Å²) < 4.78 is 4.97. The van der Waals surface area contributed by atoms with Gasteiger partial charge in [-0.05, 0) is 31.9 Å². The Hall–Kier alpha value is -2.90. The van der Waals surface area contributed by atoms with Gasteiger partial charge in [-0.3, -0.25) is 14.5 Å². The topological polar surface area (TPSA) is 105 Å². The number of amides is 4. The van der Waals surface area contributed by atoms with Gasteiger partial charge < -0.3 is 15.4 Å². The summed E-state index contributed by atoms with van der Waals surface area (Å²) in [6, 6.07) is 5.89. The molecule has 1 aliphatic carbocycles. The molecule has 2 N–H and O–H groups in total. The SMILES string of the molecule is CCOC(=O)c1ccccc1NC(=O)CN1C(=O)NC2(CCCCC2)C1=O. The van der Waals surface area contributed by atoms with Crippen LogP contribution in [0.25, 0.3) is 0 Å². The number of hydrogen-bond donors (Lipinski definition) is 2. The van der Waals surface area contributed by atoms with Crippen molar-refractivity contribution in [3.05, 3.63) is 29.8 Å². The van der Waals surface area contributed by atoms with Crippen molar-refractivity contribution in [2.24, 2.45) is 0 Å². The van der Waals surface area contributed by atoms with Gasteiger partial charge in [0.25, 0.3) is 5.91 Å². The van der Waals surface area contributed by atoms with Gasteiger partial charge in [-0.15, -0.1) is 0 Å². The number of carbonyl (C=O) groups excluding carboxylic acids is 4. The molecule has 1 aliphatic heterocycles. The van der Waals surface area contributed by atoms with Crippen LogP contribution < -0.4 is 10.6 Å². The highest BCUT2D eigenvalue weighted by atomic mass is 16.5. The Morgan fingerprint density at radius 2 is 1.89 bits per heavy atom. The van der Waals surface area contributed by atoms with Crippen LogP contribution in [-0.2, 0) is 14.3 Å². The van der Waals surface area contributed by atoms with Gasteiger partial charge in [0.05, 0.1) is 17.9 Å². The molecule has 3 rings (SSSR count). The summed E-state index contributed by atoms with van der Waals surface area (Å²) in [6.45, 7) is 1.51. The molecule has 2 aliphatic rings. The normalized spacial score (nSPS) is 18.3. The number of benzene rings is 1. The average molecular weight is 373 g/mol. The summed E-state index contributed by atoms with van der Waals surface area (Å²) >= 11 is 0. The van der Waals surface area contributed by atoms with E-state index >= 15 is 0 Å². The van der Waals surface area contributed by atoms with Crippen LogP contribution in [0, 0.1) is 0 Å². The first-order chi connectivity index (χ1) is 13.0. The average Bonchev–Trinajstić information content (AvgIpc) is 2.87. The molecule has 1 spiro atoms. The predicted molar refractivity (Wildman–Crippen MR) is 97.1 cm³/mol. The van der Waals surface area contributed by atoms with Crippen molar-refractivity contribution in [3.8, 4) is 0 Å². The molecule has 8 nitrogen and oxygen atoms in total. The number of esters is 1. The molecule has 8 heteroatoms. The number of nitrogens with zero attached hydrogens (tertiary/aromatic N) is 1. The van der Waals surface area contributed by atoms with E-state index in [1.165, 1.54) is 0 Å². The zero-order valence-corrected chi connectivity index (χ0v) is 15.2. The molecule has 1 aromatic carbocycles. The molecule has 0 atom stereocenters. The summed E-state index contributed by atoms with van der Waals surface area (Å²) in [4.78, 5) is 50.3. The lowest BCUT2D eigenvalue weighted by atomic mass is 9.82. The van der Waals surface area contributed by atoms with E-state index in [0.717, 1.165) is 24.2 Å². The third kappa shape index (κ3) is 3.79. The molecule has 0 radical (unpaired) electrons. The van der Waals surface area contributed by atoms with Gasteiger partial charge in [0.15, 0.2) is 0 Å². The van der Waals surface area contributed by atoms with Gasteiger partial charge in [-0.1, -0.05) is 31.4 Å². The highest BCUT2D eigenvalue weighted by Crippen LogP contribution is 2.33. The maximum Gasteiger partial charge on any atom is 0.340 e. The molecule has 1 saturated heterocycles. The van der Waals surface area contributed by atoms with Gasteiger partial charge >= 0.3 is 12.0 Å². The molecule has 0 bridgehead atoms. The molecule has 1 aromatic rings. The summed E-state index contributed by atoms with van der Waals surface area (Å²) in [6.07, 6.45) is 3.98. The zero-order valence-electron chi connectivity index (χ0n) is 15.2. The fraction of sp³-hybridized carbons (Fsp3) is 0.474. The van der Waals surface area contributed by atoms with Crippen molar-refractivity contribution in [2.45, 2.75) is 44.6 Å². The van der Waals surface area contributed by atoms with Crippen molar-refractivity contribution in [2.75, 3.05) is 18.5 Å². The van der Waals surface area contributed by atoms with Crippen LogP contribution >= 0.6 is 0 Å². The van der Waals surface area contributed by atoms with Gasteiger partial charge in [-0.25, -0.2) is 9.59 Å². The van der Waals surface area contributed by atoms with Gasteiger partial charge in [-0.2, -0.15) is 0 Å². The minimum atomic E-state index is -0.863. The Kier molecular flexibility index (Phi) is 5.43. The summed E-state index contributed by atoms with van der Waals surface area (Å²) in [5.41, 5.74) is -0.368. The Bertz CT molecular complexity index is 770. The maximum absolute atomic E-state index is 12.7. The standard InChI is InChI=1S/C19H23N3O5/c1-2-27-16(24)13-8-4-5-9-14(13)20-15(23)12-22-17(25)19(21-18(22)26)10-6-3-7-11-19/h4-5,8-9H,2-3,6-7,10-12H2,1H3,(H,20,23)(H,21,26). The van der Waals surface area contributed by atoms with E-state index in [4.69, 9.17) is 4.74 Å². The number of anilines is 1. The van der Waals surface area contributed by atoms with Gasteiger partial charge in [0.1, 0.15) is 12.1 Å². The van der Waals surface area contributed by atoms with Crippen LogP contribution in [0.2, 0.25) is 0 Å². The van der Waals surface area contributed by atoms with E-state index in [-0.39, 0.29) is 23.8 Å². The molecule has 4 amide bonds. The van der Waals surface area contributed by atoms with E-state index < -0.39 is 30.0 Å². The number of para-hydroxylation sites is 1. The van der Waals surface area contributed by atoms with Crippen LogP contribution in [0.5, 0.6) is 0 Å². The second-order valence-corrected chi connectivity index (χ2v) is 6.78. The largest absolute Gasteiger partial charge is 0.462 e. The van der Waals surface area contributed by atoms with Crippen molar-refractivity contribution in [1.82, 2.24) is 10.2 Å². The number of ether oxygens (including phenoxy) is 1. The Morgan fingerprint density at radius 3 is 2.59 bits per heavy atom. The quantitative estimate of drug-likeness (QED) is 0.607. The smallest absolute Gasteiger partial charge is 0.340 e. The lowest BCUT2D eigenvalue weighted by molar-refractivity contribution is -0.134. The predicted octanol–water partition coefficient (Wildman–Crippen LogP) is 2.06. The van der Waals surface area contributed by atoms with Crippen LogP contribution in [-0.4, -0.2) is 47.4 Å². The molecule has 27 heavy (non-hydrogen) atoms. The van der Waals surface area contributed by atoms with Crippen molar-refractivity contribution < 1.29 is 23.9 Å². The molecule has 1 heterocycles. The van der Waals surface area contributed by atoms with Crippen molar-refractivity contribution in [1.29, 1.82) is 0 Å². The lowest BCUT2D eigenvalue weighted by Crippen LogP contribution is -2.48. The second-order valence-electron chi connectivity index (χ2n) is 6.78. The maximum atomic E-state index is 12.7. The minimum absolute atomic E-state index is 0.214. The van der Waals surface area contributed by atoms with Crippen molar-refractivity contribution >= 4 is 29.5 Å². The molecular formula is C19H23N3O5. The Balaban J connectivity index is 1.69. The van der Waals surface area contributed by atoms with Crippen LogP contribution in [0.3, 0.4) is 0 Å². The summed E-state index contributed by atoms with van der Waals surface area (Å²) in [5.74, 6) is -1.45. The van der Waals surface area contributed by atoms with E-state index in [9.17, 15) is 19.2 Å². The second kappa shape index (κ2) is 7.77. The molecule has 0 aromatic heterocycles. The fourth-order valence-electron chi connectivity index (χ4n) is 3.63. The number of hydrogen-bond acceptors (Lipinski definition) is 5. The number of imide groups is 1. The highest BCUT2D eigenvalue weighted by molar-refractivity contribution is 6.10. The van der Waals surface area contributed by atoms with Gasteiger partial charge in [0, 0.05) is 0 Å². The first-order valence-corrected chi connectivity index (χ1v) is 9.17. The number of nitrogens with one attached hydrogen (secondary N) is 2. The number of rotatable bonds is 5. The van der Waals surface area contributed by atoms with E-state index in [2.05, 4.69) is 10.6 Å². The monoisotopic (exact) mass is 373 g/mol. The first kappa shape index (κ1) is 18.9. The van der Waals surface area contributed by atoms with Crippen LogP contribution in [0.1, 0.15) is 49.4 Å². The summed E-state index contributed by atoms with van der Waals surface area (Å²) in [7, 11) is 0. The van der Waals surface area contributed by atoms with Gasteiger partial charge in [0.2, 0.25) is 5.91 Å². The van der Waals surface area contributed by atoms with Crippen molar-refractivity contribution in [3.63, 3.8) is 0 Å². The third-order valence-electron chi connectivity index (χ3n) is 4.95. The third-order valence-corrected chi connectivity index (χ3v) is 4.95. The molecule has 1 saturated carbocycles. The lowest BCUT2D eigenvalue weighted by Gasteiger charge is -2.30. The highest BCUT2D eigenvalue weighted by Gasteiger charge is 2.51. The number of urea groups is 1. The number of carbonyl (C=O) groups is 4. The first-order valence-electron chi connectivity index (χ1n) is 9.17. The van der Waals surface area contributed by atoms with E-state index in [1.807, 2.05) is 0 Å². The summed E-state index contributed by atoms with van der Waals surface area (Å²) in [5, 5.41) is 5.36. The minimum Gasteiger partial charge on any atom is -0.462 e. The van der Waals surface area contributed by atoms with Crippen LogP contribution in [0.4, 0.5) is 10.5 Å². The van der Waals surface area contributed by atoms with Crippen LogP contribution in [0.15, 0.2) is 24.3 Å². The Morgan fingerprint density at radius 1 is 1.19 bits per heavy atom. The fourth-order valence-corrected chi connectivity index (χ4v) is 3.63.